The maximum Gasteiger partial charge on any atom is 0.136 e. The van der Waals surface area contributed by atoms with Gasteiger partial charge in [0, 0.05) is 17.6 Å². The van der Waals surface area contributed by atoms with Gasteiger partial charge in [-0.25, -0.2) is 0 Å². The second kappa shape index (κ2) is 5.19. The lowest BCUT2D eigenvalue weighted by Gasteiger charge is -2.10. The number of hydrogen-bond acceptors (Lipinski definition) is 3. The highest BCUT2D eigenvalue weighted by Crippen LogP contribution is 2.34. The van der Waals surface area contributed by atoms with Crippen molar-refractivity contribution in [2.24, 2.45) is 0 Å². The highest BCUT2D eigenvalue weighted by Gasteiger charge is 2.08. The van der Waals surface area contributed by atoms with E-state index in [-0.39, 0.29) is 0 Å². The maximum absolute atomic E-state index is 5.98. The summed E-state index contributed by atoms with van der Waals surface area (Å²) in [6, 6.07) is 12.4. The van der Waals surface area contributed by atoms with Gasteiger partial charge in [0.2, 0.25) is 0 Å². The normalized spacial score (nSPS) is 10.7. The van der Waals surface area contributed by atoms with E-state index in [9.17, 15) is 0 Å². The monoisotopic (exact) mass is 304 g/mol. The van der Waals surface area contributed by atoms with Crippen molar-refractivity contribution in [3.63, 3.8) is 0 Å². The van der Waals surface area contributed by atoms with Crippen molar-refractivity contribution in [2.45, 2.75) is 0 Å². The van der Waals surface area contributed by atoms with Gasteiger partial charge in [0.15, 0.2) is 0 Å². The van der Waals surface area contributed by atoms with E-state index in [1.54, 1.807) is 30.5 Å². The van der Waals surface area contributed by atoms with Gasteiger partial charge in [-0.1, -0.05) is 23.2 Å². The first kappa shape index (κ1) is 13.0. The number of nitrogens with zero attached hydrogens (tertiary/aromatic N) is 1. The van der Waals surface area contributed by atoms with Crippen LogP contribution in [0.1, 0.15) is 0 Å². The molecule has 20 heavy (non-hydrogen) atoms. The van der Waals surface area contributed by atoms with Crippen LogP contribution in [0.3, 0.4) is 0 Å². The summed E-state index contributed by atoms with van der Waals surface area (Å²) >= 11 is 11.9. The molecule has 3 rings (SSSR count). The lowest BCUT2D eigenvalue weighted by atomic mass is 10.1. The molecule has 1 aromatic heterocycles. The highest BCUT2D eigenvalue weighted by atomic mass is 35.5. The molecule has 0 unspecified atom stereocenters. The van der Waals surface area contributed by atoms with Gasteiger partial charge in [0.1, 0.15) is 11.5 Å². The van der Waals surface area contributed by atoms with Crippen LogP contribution in [-0.2, 0) is 0 Å². The number of nitrogen functional groups attached to an aromatic ring is 1. The molecule has 0 saturated carbocycles. The molecule has 3 nitrogen and oxygen atoms in total. The molecule has 0 amide bonds. The first-order valence-corrected chi connectivity index (χ1v) is 6.67. The zero-order chi connectivity index (χ0) is 14.1. The quantitative estimate of drug-likeness (QED) is 0.684. The van der Waals surface area contributed by atoms with Gasteiger partial charge in [-0.2, -0.15) is 0 Å². The standard InChI is InChI=1S/C15H10Cl2N2O/c16-11-4-3-9(8-12(11)17)20-14-6-5-13(18)15-10(14)2-1-7-19-15/h1-8H,18H2. The maximum atomic E-state index is 5.98. The van der Waals surface area contributed by atoms with Crippen molar-refractivity contribution < 1.29 is 4.74 Å². The van der Waals surface area contributed by atoms with Crippen LogP contribution in [0.15, 0.2) is 48.7 Å². The molecular formula is C15H10Cl2N2O. The van der Waals surface area contributed by atoms with Crippen LogP contribution in [0.25, 0.3) is 10.9 Å². The molecule has 3 aromatic rings. The summed E-state index contributed by atoms with van der Waals surface area (Å²) in [5, 5.41) is 1.78. The van der Waals surface area contributed by atoms with E-state index in [2.05, 4.69) is 4.98 Å². The zero-order valence-corrected chi connectivity index (χ0v) is 11.8. The number of rotatable bonds is 2. The Morgan fingerprint density at radius 1 is 1.00 bits per heavy atom. The van der Waals surface area contributed by atoms with Crippen LogP contribution in [0, 0.1) is 0 Å². The third-order valence-corrected chi connectivity index (χ3v) is 3.62. The third kappa shape index (κ3) is 2.38. The predicted molar refractivity (Wildman–Crippen MR) is 82.7 cm³/mol. The molecule has 2 aromatic carbocycles. The van der Waals surface area contributed by atoms with Crippen LogP contribution in [-0.4, -0.2) is 4.98 Å². The smallest absolute Gasteiger partial charge is 0.136 e. The molecule has 0 bridgehead atoms. The Balaban J connectivity index is 2.06. The summed E-state index contributed by atoms with van der Waals surface area (Å²) in [6.07, 6.45) is 1.70. The van der Waals surface area contributed by atoms with Crippen molar-refractivity contribution in [2.75, 3.05) is 5.73 Å². The van der Waals surface area contributed by atoms with Gasteiger partial charge >= 0.3 is 0 Å². The number of halogens is 2. The molecule has 1 heterocycles. The molecule has 0 spiro atoms. The molecular weight excluding hydrogens is 295 g/mol. The number of benzene rings is 2. The largest absolute Gasteiger partial charge is 0.457 e. The number of aromatic nitrogens is 1. The first-order valence-electron chi connectivity index (χ1n) is 5.91. The Hall–Kier alpha value is -1.97. The van der Waals surface area contributed by atoms with E-state index >= 15 is 0 Å². The average Bonchev–Trinajstić information content (AvgIpc) is 2.46. The Kier molecular flexibility index (Phi) is 3.38. The lowest BCUT2D eigenvalue weighted by Crippen LogP contribution is -1.92. The Morgan fingerprint density at radius 2 is 1.85 bits per heavy atom. The third-order valence-electron chi connectivity index (χ3n) is 2.88. The molecule has 100 valence electrons. The summed E-state index contributed by atoms with van der Waals surface area (Å²) < 4.78 is 5.84. The van der Waals surface area contributed by atoms with Crippen molar-refractivity contribution in [3.05, 3.63) is 58.7 Å². The number of hydrogen-bond donors (Lipinski definition) is 1. The molecule has 0 radical (unpaired) electrons. The molecule has 0 saturated heterocycles. The molecule has 5 heteroatoms. The molecule has 0 atom stereocenters. The van der Waals surface area contributed by atoms with Gasteiger partial charge in [-0.15, -0.1) is 0 Å². The fourth-order valence-electron chi connectivity index (χ4n) is 1.92. The zero-order valence-electron chi connectivity index (χ0n) is 10.3. The van der Waals surface area contributed by atoms with Crippen molar-refractivity contribution in [1.29, 1.82) is 0 Å². The summed E-state index contributed by atoms with van der Waals surface area (Å²) in [5.74, 6) is 1.27. The van der Waals surface area contributed by atoms with E-state index in [1.807, 2.05) is 18.2 Å². The van der Waals surface area contributed by atoms with E-state index in [4.69, 9.17) is 33.7 Å². The van der Waals surface area contributed by atoms with Crippen molar-refractivity contribution in [3.8, 4) is 11.5 Å². The van der Waals surface area contributed by atoms with E-state index in [0.29, 0.717) is 32.7 Å². The number of ether oxygens (including phenoxy) is 1. The average molecular weight is 305 g/mol. The SMILES string of the molecule is Nc1ccc(Oc2ccc(Cl)c(Cl)c2)c2cccnc12. The number of fused-ring (bicyclic) bond motifs is 1. The number of nitrogens with two attached hydrogens (primary N) is 1. The molecule has 2 N–H and O–H groups in total. The Morgan fingerprint density at radius 3 is 2.65 bits per heavy atom. The lowest BCUT2D eigenvalue weighted by molar-refractivity contribution is 0.488. The summed E-state index contributed by atoms with van der Waals surface area (Å²) in [6.45, 7) is 0. The Labute approximate surface area is 125 Å². The van der Waals surface area contributed by atoms with Gasteiger partial charge in [0.05, 0.1) is 21.2 Å². The van der Waals surface area contributed by atoms with Gasteiger partial charge in [-0.3, -0.25) is 4.98 Å². The first-order chi connectivity index (χ1) is 9.65. The van der Waals surface area contributed by atoms with Gasteiger partial charge < -0.3 is 10.5 Å². The van der Waals surface area contributed by atoms with E-state index < -0.39 is 0 Å². The molecule has 0 fully saturated rings. The topological polar surface area (TPSA) is 48.1 Å². The summed E-state index contributed by atoms with van der Waals surface area (Å²) in [4.78, 5) is 4.26. The van der Waals surface area contributed by atoms with Crippen LogP contribution < -0.4 is 10.5 Å². The number of anilines is 1. The van der Waals surface area contributed by atoms with Crippen molar-refractivity contribution in [1.82, 2.24) is 4.98 Å². The molecule has 0 aliphatic rings. The van der Waals surface area contributed by atoms with Crippen LogP contribution >= 0.6 is 23.2 Å². The second-order valence-electron chi connectivity index (χ2n) is 4.23. The predicted octanol–water partition coefficient (Wildman–Crippen LogP) is 4.92. The minimum atomic E-state index is 0.446. The number of pyridine rings is 1. The van der Waals surface area contributed by atoms with E-state index in [1.165, 1.54) is 0 Å². The minimum Gasteiger partial charge on any atom is -0.457 e. The summed E-state index contributed by atoms with van der Waals surface area (Å²) in [5.41, 5.74) is 7.23. The molecule has 0 aliphatic carbocycles. The highest BCUT2D eigenvalue weighted by molar-refractivity contribution is 6.42. The molecule has 0 aliphatic heterocycles. The summed E-state index contributed by atoms with van der Waals surface area (Å²) in [7, 11) is 0. The van der Waals surface area contributed by atoms with Gasteiger partial charge in [0.25, 0.3) is 0 Å². The Bertz CT molecular complexity index is 790. The van der Waals surface area contributed by atoms with Crippen LogP contribution in [0.2, 0.25) is 10.0 Å². The van der Waals surface area contributed by atoms with Crippen LogP contribution in [0.4, 0.5) is 5.69 Å². The second-order valence-corrected chi connectivity index (χ2v) is 5.04. The van der Waals surface area contributed by atoms with Crippen molar-refractivity contribution >= 4 is 39.8 Å². The fourth-order valence-corrected chi connectivity index (χ4v) is 2.21. The van der Waals surface area contributed by atoms with Gasteiger partial charge in [-0.05, 0) is 36.4 Å². The van der Waals surface area contributed by atoms with Crippen LogP contribution in [0.5, 0.6) is 11.5 Å². The fraction of sp³-hybridized carbons (Fsp3) is 0. The van der Waals surface area contributed by atoms with E-state index in [0.717, 1.165) is 5.39 Å². The minimum absolute atomic E-state index is 0.446.